The first-order valence-electron chi connectivity index (χ1n) is 13.8. The number of alkyl halides is 3. The molecule has 2 aromatic carbocycles. The number of hydrogen-bond donors (Lipinski definition) is 3. The summed E-state index contributed by atoms with van der Waals surface area (Å²) in [4.78, 5) is 39.2. The quantitative estimate of drug-likeness (QED) is 0.184. The van der Waals surface area contributed by atoms with Gasteiger partial charge < -0.3 is 20.5 Å². The van der Waals surface area contributed by atoms with Crippen molar-refractivity contribution < 1.29 is 37.4 Å². The fourth-order valence-electron chi connectivity index (χ4n) is 4.17. The Bertz CT molecular complexity index is 1250. The summed E-state index contributed by atoms with van der Waals surface area (Å²) in [5.74, 6) is -3.19. The standard InChI is InChI=1S/C31H34F3N3O5/c32-31(33,34)30(41)35-18-10-9-16-25(29(39)40)36-27(38)17-8-3-11-19-42-28-21-24(22-12-4-1-5-13-22)20-26(37-28)23-14-6-2-7-15-23/h1-2,4-7,12-15,20-21,25H,3,8-11,16-19H2,(H,35,41)(H,36,38)(H,39,40). The second kappa shape index (κ2) is 16.1. The molecule has 1 atom stereocenters. The minimum Gasteiger partial charge on any atom is -0.480 e. The molecule has 2 amide bonds. The molecule has 1 aromatic heterocycles. The van der Waals surface area contributed by atoms with Crippen molar-refractivity contribution >= 4 is 17.8 Å². The molecule has 3 rings (SSSR count). The Morgan fingerprint density at radius 1 is 0.833 bits per heavy atom. The minimum absolute atomic E-state index is 0.0385. The lowest BCUT2D eigenvalue weighted by Crippen LogP contribution is -2.41. The second-order valence-electron chi connectivity index (χ2n) is 9.68. The minimum atomic E-state index is -4.96. The van der Waals surface area contributed by atoms with Gasteiger partial charge in [0.25, 0.3) is 0 Å². The number of rotatable bonds is 16. The fourth-order valence-corrected chi connectivity index (χ4v) is 4.17. The summed E-state index contributed by atoms with van der Waals surface area (Å²) in [6.07, 6.45) is -2.55. The summed E-state index contributed by atoms with van der Waals surface area (Å²) in [5, 5.41) is 13.5. The highest BCUT2D eigenvalue weighted by atomic mass is 19.4. The van der Waals surface area contributed by atoms with Crippen LogP contribution in [0.25, 0.3) is 22.4 Å². The van der Waals surface area contributed by atoms with Gasteiger partial charge in [-0.05, 0) is 55.7 Å². The number of unbranched alkanes of at least 4 members (excludes halogenated alkanes) is 3. The smallest absolute Gasteiger partial charge is 0.471 e. The number of carbonyl (C=O) groups excluding carboxylic acids is 2. The number of aliphatic carboxylic acids is 1. The number of nitrogens with one attached hydrogen (secondary N) is 2. The van der Waals surface area contributed by atoms with Gasteiger partial charge >= 0.3 is 18.1 Å². The molecule has 3 N–H and O–H groups in total. The van der Waals surface area contributed by atoms with Crippen LogP contribution in [0.3, 0.4) is 0 Å². The van der Waals surface area contributed by atoms with Crippen molar-refractivity contribution in [2.45, 2.75) is 57.2 Å². The molecule has 0 saturated carbocycles. The normalized spacial score (nSPS) is 11.9. The van der Waals surface area contributed by atoms with Crippen LogP contribution in [0.15, 0.2) is 72.8 Å². The van der Waals surface area contributed by atoms with Gasteiger partial charge in [0.05, 0.1) is 12.3 Å². The van der Waals surface area contributed by atoms with E-state index in [-0.39, 0.29) is 32.2 Å². The highest BCUT2D eigenvalue weighted by Gasteiger charge is 2.38. The number of benzene rings is 2. The zero-order valence-corrected chi connectivity index (χ0v) is 23.0. The summed E-state index contributed by atoms with van der Waals surface area (Å²) in [5.41, 5.74) is 3.79. The summed E-state index contributed by atoms with van der Waals surface area (Å²) in [6, 6.07) is 22.5. The molecule has 42 heavy (non-hydrogen) atoms. The van der Waals surface area contributed by atoms with E-state index in [0.717, 1.165) is 22.4 Å². The van der Waals surface area contributed by atoms with Crippen molar-refractivity contribution in [3.63, 3.8) is 0 Å². The predicted molar refractivity (Wildman–Crippen MR) is 152 cm³/mol. The van der Waals surface area contributed by atoms with Gasteiger partial charge in [0.2, 0.25) is 11.8 Å². The van der Waals surface area contributed by atoms with Crippen molar-refractivity contribution in [1.29, 1.82) is 0 Å². The molecule has 0 aliphatic heterocycles. The van der Waals surface area contributed by atoms with E-state index in [9.17, 15) is 32.7 Å². The van der Waals surface area contributed by atoms with E-state index in [1.165, 1.54) is 0 Å². The van der Waals surface area contributed by atoms with E-state index in [1.54, 1.807) is 5.32 Å². The SMILES string of the molecule is O=C(CCCCCOc1cc(-c2ccccc2)cc(-c2ccccc2)n1)NC(CCCCNC(=O)C(F)(F)F)C(=O)O. The van der Waals surface area contributed by atoms with E-state index in [1.807, 2.05) is 72.8 Å². The van der Waals surface area contributed by atoms with Crippen LogP contribution in [0.4, 0.5) is 13.2 Å². The molecule has 0 aliphatic rings. The Hall–Kier alpha value is -4.41. The molecular formula is C31H34F3N3O5. The molecule has 0 aliphatic carbocycles. The zero-order chi connectivity index (χ0) is 30.4. The third-order valence-electron chi connectivity index (χ3n) is 6.37. The largest absolute Gasteiger partial charge is 0.480 e. The predicted octanol–water partition coefficient (Wildman–Crippen LogP) is 5.77. The number of halogens is 3. The Morgan fingerprint density at radius 3 is 2.14 bits per heavy atom. The van der Waals surface area contributed by atoms with Crippen molar-refractivity contribution in [3.05, 3.63) is 72.8 Å². The topological polar surface area (TPSA) is 118 Å². The molecular weight excluding hydrogens is 551 g/mol. The van der Waals surface area contributed by atoms with Gasteiger partial charge in [0.15, 0.2) is 0 Å². The summed E-state index contributed by atoms with van der Waals surface area (Å²) < 4.78 is 42.5. The third kappa shape index (κ3) is 10.9. The molecule has 0 spiro atoms. The average molecular weight is 586 g/mol. The van der Waals surface area contributed by atoms with Crippen LogP contribution >= 0.6 is 0 Å². The van der Waals surface area contributed by atoms with Gasteiger partial charge in [0.1, 0.15) is 6.04 Å². The summed E-state index contributed by atoms with van der Waals surface area (Å²) in [7, 11) is 0. The first-order valence-corrected chi connectivity index (χ1v) is 13.8. The molecule has 8 nitrogen and oxygen atoms in total. The maximum atomic E-state index is 12.2. The lowest BCUT2D eigenvalue weighted by Gasteiger charge is -2.15. The first kappa shape index (κ1) is 32.1. The molecule has 3 aromatic rings. The van der Waals surface area contributed by atoms with Crippen LogP contribution in [-0.4, -0.2) is 53.2 Å². The number of carbonyl (C=O) groups is 3. The van der Waals surface area contributed by atoms with Crippen molar-refractivity contribution in [2.24, 2.45) is 0 Å². The van der Waals surface area contributed by atoms with Gasteiger partial charge in [-0.2, -0.15) is 13.2 Å². The molecule has 11 heteroatoms. The van der Waals surface area contributed by atoms with Crippen molar-refractivity contribution in [1.82, 2.24) is 15.6 Å². The molecule has 1 unspecified atom stereocenters. The number of ether oxygens (including phenoxy) is 1. The average Bonchev–Trinajstić information content (AvgIpc) is 2.98. The van der Waals surface area contributed by atoms with Gasteiger partial charge in [-0.3, -0.25) is 9.59 Å². The van der Waals surface area contributed by atoms with Crippen LogP contribution in [0, 0.1) is 0 Å². The van der Waals surface area contributed by atoms with E-state index in [0.29, 0.717) is 31.7 Å². The Balaban J connectivity index is 1.40. The molecule has 0 bridgehead atoms. The second-order valence-corrected chi connectivity index (χ2v) is 9.68. The first-order chi connectivity index (χ1) is 20.1. The zero-order valence-electron chi connectivity index (χ0n) is 23.0. The maximum absolute atomic E-state index is 12.2. The highest BCUT2D eigenvalue weighted by Crippen LogP contribution is 2.28. The van der Waals surface area contributed by atoms with Crippen molar-refractivity contribution in [2.75, 3.05) is 13.2 Å². The molecule has 0 fully saturated rings. The van der Waals surface area contributed by atoms with Crippen LogP contribution in [0.5, 0.6) is 5.88 Å². The summed E-state index contributed by atoms with van der Waals surface area (Å²) in [6.45, 7) is 0.157. The highest BCUT2D eigenvalue weighted by molar-refractivity contribution is 5.83. The number of aromatic nitrogens is 1. The van der Waals surface area contributed by atoms with E-state index in [4.69, 9.17) is 4.74 Å². The number of carboxylic acid groups (broad SMARTS) is 1. The van der Waals surface area contributed by atoms with Gasteiger partial charge in [0, 0.05) is 24.6 Å². The lowest BCUT2D eigenvalue weighted by atomic mass is 10.0. The third-order valence-corrected chi connectivity index (χ3v) is 6.37. The molecule has 0 saturated heterocycles. The maximum Gasteiger partial charge on any atom is 0.471 e. The van der Waals surface area contributed by atoms with Crippen LogP contribution < -0.4 is 15.4 Å². The van der Waals surface area contributed by atoms with Crippen LogP contribution in [0.1, 0.15) is 44.9 Å². The number of amides is 2. The van der Waals surface area contributed by atoms with Crippen LogP contribution in [0.2, 0.25) is 0 Å². The molecule has 0 radical (unpaired) electrons. The van der Waals surface area contributed by atoms with Gasteiger partial charge in [-0.25, -0.2) is 9.78 Å². The fraction of sp³-hybridized carbons (Fsp3) is 0.355. The Morgan fingerprint density at radius 2 is 1.50 bits per heavy atom. The van der Waals surface area contributed by atoms with Crippen LogP contribution in [-0.2, 0) is 14.4 Å². The Kier molecular flexibility index (Phi) is 12.3. The number of carboxylic acids is 1. The van der Waals surface area contributed by atoms with E-state index in [2.05, 4.69) is 10.3 Å². The molecule has 224 valence electrons. The van der Waals surface area contributed by atoms with Gasteiger partial charge in [-0.1, -0.05) is 60.7 Å². The monoisotopic (exact) mass is 585 g/mol. The van der Waals surface area contributed by atoms with E-state index < -0.39 is 30.0 Å². The molecule has 1 heterocycles. The van der Waals surface area contributed by atoms with Gasteiger partial charge in [-0.15, -0.1) is 0 Å². The Labute approximate surface area is 242 Å². The van der Waals surface area contributed by atoms with Crippen molar-refractivity contribution in [3.8, 4) is 28.3 Å². The summed E-state index contributed by atoms with van der Waals surface area (Å²) >= 11 is 0. The van der Waals surface area contributed by atoms with E-state index >= 15 is 0 Å². The number of hydrogen-bond acceptors (Lipinski definition) is 5. The number of nitrogens with zero attached hydrogens (tertiary/aromatic N) is 1. The number of pyridine rings is 1. The lowest BCUT2D eigenvalue weighted by molar-refractivity contribution is -0.173.